The number of anilines is 1. The maximum Gasteiger partial charge on any atom is 0.313 e. The number of fused-ring (bicyclic) bond motifs is 4. The Hall–Kier alpha value is -2.59. The van der Waals surface area contributed by atoms with E-state index in [1.807, 2.05) is 30.3 Å². The molecule has 3 aliphatic rings. The molecule has 1 aromatic carbocycles. The van der Waals surface area contributed by atoms with Crippen molar-refractivity contribution in [2.45, 2.75) is 24.4 Å². The summed E-state index contributed by atoms with van der Waals surface area (Å²) in [5.74, 6) is -1.76. The molecule has 26 heavy (non-hydrogen) atoms. The lowest BCUT2D eigenvalue weighted by Crippen LogP contribution is -2.51. The monoisotopic (exact) mass is 413 g/mol. The van der Waals surface area contributed by atoms with Crippen LogP contribution in [-0.4, -0.2) is 35.5 Å². The van der Waals surface area contributed by atoms with Gasteiger partial charge in [-0.25, -0.2) is 0 Å². The summed E-state index contributed by atoms with van der Waals surface area (Å²) in [5, 5.41) is 12.8. The maximum absolute atomic E-state index is 13.3. The number of rotatable bonds is 2. The summed E-state index contributed by atoms with van der Waals surface area (Å²) in [4.78, 5) is 28.0. The molecule has 1 amide bonds. The predicted molar refractivity (Wildman–Crippen MR) is 98.1 cm³/mol. The van der Waals surface area contributed by atoms with Crippen molar-refractivity contribution in [1.29, 1.82) is 5.26 Å². The zero-order valence-electron chi connectivity index (χ0n) is 14.0. The molecule has 132 valence electrons. The van der Waals surface area contributed by atoms with Crippen LogP contribution < -0.4 is 5.32 Å². The SMILES string of the molecule is CCOC(=O)[C@H]1[C@H](C#N)N2C=CC=C(Br)[C@H]2[C@]12C(=O)Nc1ccccc12. The Morgan fingerprint density at radius 1 is 1.46 bits per heavy atom. The second-order valence-electron chi connectivity index (χ2n) is 6.42. The fourth-order valence-corrected chi connectivity index (χ4v) is 5.17. The number of allylic oxidation sites excluding steroid dienone is 2. The van der Waals surface area contributed by atoms with Crippen LogP contribution in [0.25, 0.3) is 0 Å². The Morgan fingerprint density at radius 2 is 2.23 bits per heavy atom. The van der Waals surface area contributed by atoms with E-state index in [1.54, 1.807) is 24.1 Å². The van der Waals surface area contributed by atoms with E-state index in [2.05, 4.69) is 27.3 Å². The van der Waals surface area contributed by atoms with Crippen LogP contribution in [0, 0.1) is 17.2 Å². The van der Waals surface area contributed by atoms with Crippen molar-refractivity contribution in [2.24, 2.45) is 5.92 Å². The van der Waals surface area contributed by atoms with E-state index in [9.17, 15) is 14.9 Å². The number of benzene rings is 1. The van der Waals surface area contributed by atoms with Crippen molar-refractivity contribution >= 4 is 33.5 Å². The van der Waals surface area contributed by atoms with E-state index < -0.39 is 29.4 Å². The molecule has 3 aliphatic heterocycles. The van der Waals surface area contributed by atoms with Crippen molar-refractivity contribution in [1.82, 2.24) is 4.90 Å². The van der Waals surface area contributed by atoms with E-state index in [4.69, 9.17) is 4.74 Å². The lowest BCUT2D eigenvalue weighted by Gasteiger charge is -2.35. The van der Waals surface area contributed by atoms with Gasteiger partial charge in [0.05, 0.1) is 18.7 Å². The maximum atomic E-state index is 13.3. The summed E-state index contributed by atoms with van der Waals surface area (Å²) in [6.45, 7) is 1.90. The van der Waals surface area contributed by atoms with Gasteiger partial charge in [0.15, 0.2) is 0 Å². The van der Waals surface area contributed by atoms with Crippen molar-refractivity contribution in [3.05, 3.63) is 52.7 Å². The van der Waals surface area contributed by atoms with Gasteiger partial charge in [-0.3, -0.25) is 9.59 Å². The molecule has 3 heterocycles. The molecule has 1 spiro atoms. The van der Waals surface area contributed by atoms with Gasteiger partial charge in [-0.2, -0.15) is 5.26 Å². The third kappa shape index (κ3) is 1.96. The van der Waals surface area contributed by atoms with Crippen LogP contribution in [-0.2, 0) is 19.7 Å². The topological polar surface area (TPSA) is 82.4 Å². The highest BCUT2D eigenvalue weighted by Gasteiger charge is 2.70. The summed E-state index contributed by atoms with van der Waals surface area (Å²) in [7, 11) is 0. The van der Waals surface area contributed by atoms with E-state index in [0.29, 0.717) is 5.69 Å². The van der Waals surface area contributed by atoms with Crippen LogP contribution in [0.15, 0.2) is 47.1 Å². The lowest BCUT2D eigenvalue weighted by molar-refractivity contribution is -0.152. The molecule has 1 saturated heterocycles. The molecule has 6 nitrogen and oxygen atoms in total. The number of carbonyl (C=O) groups excluding carboxylic acids is 2. The minimum Gasteiger partial charge on any atom is -0.466 e. The van der Waals surface area contributed by atoms with Gasteiger partial charge in [0.25, 0.3) is 0 Å². The summed E-state index contributed by atoms with van der Waals surface area (Å²) in [6, 6.07) is 8.24. The molecular weight excluding hydrogens is 398 g/mol. The van der Waals surface area contributed by atoms with Gasteiger partial charge in [0.2, 0.25) is 5.91 Å². The van der Waals surface area contributed by atoms with Crippen molar-refractivity contribution in [3.8, 4) is 6.07 Å². The van der Waals surface area contributed by atoms with E-state index in [-0.39, 0.29) is 12.5 Å². The quantitative estimate of drug-likeness (QED) is 0.752. The second-order valence-corrected chi connectivity index (χ2v) is 7.33. The van der Waals surface area contributed by atoms with Crippen LogP contribution >= 0.6 is 15.9 Å². The molecule has 0 radical (unpaired) electrons. The molecule has 7 heteroatoms. The molecule has 1 N–H and O–H groups in total. The van der Waals surface area contributed by atoms with Gasteiger partial charge in [0.1, 0.15) is 17.4 Å². The molecule has 0 aromatic heterocycles. The third-order valence-electron chi connectivity index (χ3n) is 5.30. The summed E-state index contributed by atoms with van der Waals surface area (Å²) >= 11 is 3.56. The van der Waals surface area contributed by atoms with Gasteiger partial charge < -0.3 is 15.0 Å². The molecular formula is C19H16BrN3O3. The van der Waals surface area contributed by atoms with Gasteiger partial charge in [-0.05, 0) is 30.7 Å². The highest BCUT2D eigenvalue weighted by Crippen LogP contribution is 2.57. The Kier molecular flexibility index (Phi) is 3.88. The van der Waals surface area contributed by atoms with Gasteiger partial charge in [-0.1, -0.05) is 34.1 Å². The van der Waals surface area contributed by atoms with Crippen molar-refractivity contribution in [2.75, 3.05) is 11.9 Å². The first-order chi connectivity index (χ1) is 12.6. The Morgan fingerprint density at radius 3 is 2.96 bits per heavy atom. The first-order valence-electron chi connectivity index (χ1n) is 8.35. The molecule has 4 rings (SSSR count). The van der Waals surface area contributed by atoms with E-state index in [1.165, 1.54) is 0 Å². The normalized spacial score (nSPS) is 31.1. The fourth-order valence-electron chi connectivity index (χ4n) is 4.42. The molecule has 0 bridgehead atoms. The summed E-state index contributed by atoms with van der Waals surface area (Å²) in [5.41, 5.74) is 0.153. The van der Waals surface area contributed by atoms with E-state index in [0.717, 1.165) is 10.0 Å². The van der Waals surface area contributed by atoms with Gasteiger partial charge in [0, 0.05) is 16.4 Å². The predicted octanol–water partition coefficient (Wildman–Crippen LogP) is 2.44. The molecule has 1 fully saturated rings. The number of nitrogens with one attached hydrogen (secondary N) is 1. The third-order valence-corrected chi connectivity index (χ3v) is 6.00. The minimum absolute atomic E-state index is 0.185. The van der Waals surface area contributed by atoms with Crippen LogP contribution in [0.1, 0.15) is 12.5 Å². The summed E-state index contributed by atoms with van der Waals surface area (Å²) < 4.78 is 6.04. The van der Waals surface area contributed by atoms with Crippen LogP contribution in [0.5, 0.6) is 0 Å². The number of carbonyl (C=O) groups is 2. The first kappa shape index (κ1) is 16.9. The van der Waals surface area contributed by atoms with Crippen molar-refractivity contribution in [3.63, 3.8) is 0 Å². The smallest absolute Gasteiger partial charge is 0.313 e. The van der Waals surface area contributed by atoms with Crippen LogP contribution in [0.2, 0.25) is 0 Å². The molecule has 1 aromatic rings. The molecule has 4 atom stereocenters. The number of hydrogen-bond acceptors (Lipinski definition) is 5. The number of para-hydroxylation sites is 1. The van der Waals surface area contributed by atoms with Crippen LogP contribution in [0.3, 0.4) is 0 Å². The Balaban J connectivity index is 2.02. The number of ether oxygens (including phenoxy) is 1. The average molecular weight is 414 g/mol. The average Bonchev–Trinajstić information content (AvgIpc) is 3.10. The number of esters is 1. The van der Waals surface area contributed by atoms with Gasteiger partial charge in [-0.15, -0.1) is 0 Å². The standard InChI is InChI=1S/C19H16BrN3O3/c1-2-26-17(24)15-14(10-21)23-9-5-7-12(20)16(23)19(15)11-6-3-4-8-13(11)22-18(19)25/h3-9,14-16H,2H2,1H3,(H,22,25)/t14-,15+,16-,19+/m0/s1. The van der Waals surface area contributed by atoms with Crippen LogP contribution in [0.4, 0.5) is 5.69 Å². The van der Waals surface area contributed by atoms with Gasteiger partial charge >= 0.3 is 5.97 Å². The number of hydrogen-bond donors (Lipinski definition) is 1. The number of nitrogens with zero attached hydrogens (tertiary/aromatic N) is 2. The first-order valence-corrected chi connectivity index (χ1v) is 9.15. The van der Waals surface area contributed by atoms with E-state index >= 15 is 0 Å². The Bertz CT molecular complexity index is 904. The summed E-state index contributed by atoms with van der Waals surface area (Å²) in [6.07, 6.45) is 5.41. The molecule has 0 aliphatic carbocycles. The molecule has 0 unspecified atom stereocenters. The largest absolute Gasteiger partial charge is 0.466 e. The zero-order chi connectivity index (χ0) is 18.5. The Labute approximate surface area is 159 Å². The number of nitriles is 1. The lowest BCUT2D eigenvalue weighted by atomic mass is 9.67. The minimum atomic E-state index is -1.23. The highest BCUT2D eigenvalue weighted by atomic mass is 79.9. The molecule has 0 saturated carbocycles. The number of amides is 1. The fraction of sp³-hybridized carbons (Fsp3) is 0.316. The second kappa shape index (κ2) is 5.99. The number of halogens is 1. The van der Waals surface area contributed by atoms with Crippen molar-refractivity contribution < 1.29 is 14.3 Å². The highest BCUT2D eigenvalue weighted by molar-refractivity contribution is 9.11. The zero-order valence-corrected chi connectivity index (χ0v) is 15.6.